The van der Waals surface area contributed by atoms with Crippen LogP contribution < -0.4 is 11.4 Å². The third-order valence-electron chi connectivity index (χ3n) is 4.78. The molecule has 2 aromatic heterocycles. The van der Waals surface area contributed by atoms with Crippen molar-refractivity contribution in [1.82, 2.24) is 14.8 Å². The summed E-state index contributed by atoms with van der Waals surface area (Å²) in [6.45, 7) is 2.69. The summed E-state index contributed by atoms with van der Waals surface area (Å²) in [4.78, 5) is 23.1. The Kier molecular flexibility index (Phi) is 5.35. The van der Waals surface area contributed by atoms with E-state index >= 15 is 0 Å². The molecule has 29 heavy (non-hydrogen) atoms. The maximum absolute atomic E-state index is 12.1. The van der Waals surface area contributed by atoms with Crippen molar-refractivity contribution >= 4 is 39.4 Å². The van der Waals surface area contributed by atoms with Crippen LogP contribution in [0.4, 0.5) is 0 Å². The van der Waals surface area contributed by atoms with Crippen molar-refractivity contribution in [1.29, 1.82) is 0 Å². The molecule has 4 aromatic rings. The highest BCUT2D eigenvalue weighted by Crippen LogP contribution is 2.31. The van der Waals surface area contributed by atoms with Crippen LogP contribution in [0.5, 0.6) is 0 Å². The van der Waals surface area contributed by atoms with Crippen LogP contribution in [-0.2, 0) is 23.5 Å². The summed E-state index contributed by atoms with van der Waals surface area (Å²) < 4.78 is 7.40. The lowest BCUT2D eigenvalue weighted by molar-refractivity contribution is -0.118. The zero-order valence-corrected chi connectivity index (χ0v) is 16.7. The summed E-state index contributed by atoms with van der Waals surface area (Å²) >= 11 is 1.50. The molecule has 148 valence electrons. The van der Waals surface area contributed by atoms with Gasteiger partial charge in [0.15, 0.2) is 5.16 Å². The highest BCUT2D eigenvalue weighted by Gasteiger charge is 2.15. The fourth-order valence-corrected chi connectivity index (χ4v) is 4.44. The molecule has 0 saturated carbocycles. The molecule has 0 saturated heterocycles. The van der Waals surface area contributed by atoms with Gasteiger partial charge >= 0.3 is 5.63 Å². The maximum Gasteiger partial charge on any atom is 0.336 e. The Hall–Kier alpha value is -3.13. The van der Waals surface area contributed by atoms with Crippen LogP contribution in [0.1, 0.15) is 24.7 Å². The summed E-state index contributed by atoms with van der Waals surface area (Å²) in [5.41, 5.74) is 6.34. The van der Waals surface area contributed by atoms with Gasteiger partial charge in [0.05, 0.1) is 0 Å². The molecule has 0 aliphatic rings. The van der Waals surface area contributed by atoms with E-state index in [-0.39, 0.29) is 18.0 Å². The van der Waals surface area contributed by atoms with Crippen LogP contribution in [-0.4, -0.2) is 20.7 Å². The fraction of sp³-hybridized carbons (Fsp3) is 0.238. The van der Waals surface area contributed by atoms with Crippen molar-refractivity contribution in [2.75, 3.05) is 0 Å². The van der Waals surface area contributed by atoms with Crippen LogP contribution in [0.2, 0.25) is 0 Å². The van der Waals surface area contributed by atoms with Crippen molar-refractivity contribution in [2.24, 2.45) is 5.73 Å². The first kappa shape index (κ1) is 19.2. The number of nitrogens with zero attached hydrogens (tertiary/aromatic N) is 3. The van der Waals surface area contributed by atoms with E-state index in [4.69, 9.17) is 10.2 Å². The van der Waals surface area contributed by atoms with Gasteiger partial charge in [-0.2, -0.15) is 0 Å². The topological polar surface area (TPSA) is 104 Å². The Labute approximate surface area is 170 Å². The van der Waals surface area contributed by atoms with Crippen molar-refractivity contribution in [3.63, 3.8) is 0 Å². The number of fused-ring (bicyclic) bond motifs is 3. The van der Waals surface area contributed by atoms with E-state index in [0.717, 1.165) is 32.7 Å². The molecule has 8 heteroatoms. The van der Waals surface area contributed by atoms with Crippen molar-refractivity contribution in [2.45, 2.75) is 37.2 Å². The van der Waals surface area contributed by atoms with Crippen LogP contribution >= 0.6 is 11.8 Å². The molecule has 0 spiro atoms. The first-order valence-corrected chi connectivity index (χ1v) is 10.3. The quantitative estimate of drug-likeness (QED) is 0.286. The van der Waals surface area contributed by atoms with Gasteiger partial charge in [0.1, 0.15) is 11.4 Å². The Balaban J connectivity index is 1.69. The number of hydrogen-bond donors (Lipinski definition) is 1. The summed E-state index contributed by atoms with van der Waals surface area (Å²) in [5, 5.41) is 12.3. The van der Waals surface area contributed by atoms with Gasteiger partial charge in [0, 0.05) is 36.6 Å². The molecule has 1 amide bonds. The molecule has 0 aliphatic heterocycles. The third kappa shape index (κ3) is 3.88. The smallest absolute Gasteiger partial charge is 0.336 e. The van der Waals surface area contributed by atoms with Gasteiger partial charge in [-0.25, -0.2) is 4.79 Å². The minimum atomic E-state index is -0.373. The fourth-order valence-electron chi connectivity index (χ4n) is 3.44. The number of carbonyl (C=O) groups is 1. The van der Waals surface area contributed by atoms with E-state index in [1.807, 2.05) is 47.9 Å². The van der Waals surface area contributed by atoms with E-state index in [2.05, 4.69) is 10.2 Å². The molecule has 2 aromatic carbocycles. The normalized spacial score (nSPS) is 11.3. The lowest BCUT2D eigenvalue weighted by atomic mass is 10.0. The van der Waals surface area contributed by atoms with Crippen molar-refractivity contribution in [3.8, 4) is 0 Å². The number of amides is 1. The van der Waals surface area contributed by atoms with Crippen LogP contribution in [0.15, 0.2) is 56.8 Å². The first-order valence-electron chi connectivity index (χ1n) is 9.34. The van der Waals surface area contributed by atoms with Gasteiger partial charge in [-0.3, -0.25) is 4.79 Å². The zero-order valence-electron chi connectivity index (χ0n) is 15.9. The van der Waals surface area contributed by atoms with E-state index in [9.17, 15) is 9.59 Å². The lowest BCUT2D eigenvalue weighted by Crippen LogP contribution is -2.13. The minimum absolute atomic E-state index is 0.235. The van der Waals surface area contributed by atoms with Crippen LogP contribution in [0.3, 0.4) is 0 Å². The van der Waals surface area contributed by atoms with Gasteiger partial charge in [0.2, 0.25) is 5.91 Å². The standard InChI is InChI=1S/C21H20N4O3S/c1-2-25-18(10-9-17(22)26)23-24-21(25)29-12-14-11-19(27)28-16-8-7-13-5-3-4-6-15(13)20(14)16/h3-8,11H,2,9-10,12H2,1H3,(H2,22,26). The average Bonchev–Trinajstić information content (AvgIpc) is 3.11. The molecular weight excluding hydrogens is 388 g/mol. The Morgan fingerprint density at radius 1 is 1.21 bits per heavy atom. The number of aryl methyl sites for hydroxylation is 1. The molecule has 0 fully saturated rings. The summed E-state index contributed by atoms with van der Waals surface area (Å²) in [5.74, 6) is 0.917. The molecule has 0 aliphatic carbocycles. The summed E-state index contributed by atoms with van der Waals surface area (Å²) in [6, 6.07) is 13.4. The molecule has 0 atom stereocenters. The third-order valence-corrected chi connectivity index (χ3v) is 5.79. The first-order chi connectivity index (χ1) is 14.1. The molecule has 0 radical (unpaired) electrons. The average molecular weight is 408 g/mol. The Morgan fingerprint density at radius 2 is 2.03 bits per heavy atom. The van der Waals surface area contributed by atoms with E-state index in [0.29, 0.717) is 24.3 Å². The van der Waals surface area contributed by atoms with E-state index in [1.165, 1.54) is 11.8 Å². The number of benzene rings is 2. The number of thioether (sulfide) groups is 1. The molecule has 2 heterocycles. The molecule has 0 bridgehead atoms. The van der Waals surface area contributed by atoms with Gasteiger partial charge in [-0.15, -0.1) is 10.2 Å². The number of hydrogen-bond acceptors (Lipinski definition) is 6. The van der Waals surface area contributed by atoms with Crippen LogP contribution in [0.25, 0.3) is 21.7 Å². The zero-order chi connectivity index (χ0) is 20.4. The van der Waals surface area contributed by atoms with Crippen LogP contribution in [0, 0.1) is 0 Å². The van der Waals surface area contributed by atoms with E-state index in [1.54, 1.807) is 6.07 Å². The molecule has 7 nitrogen and oxygen atoms in total. The van der Waals surface area contributed by atoms with Gasteiger partial charge < -0.3 is 14.7 Å². The highest BCUT2D eigenvalue weighted by molar-refractivity contribution is 7.98. The Bertz CT molecular complexity index is 1260. The second kappa shape index (κ2) is 8.08. The second-order valence-electron chi connectivity index (χ2n) is 6.65. The SMILES string of the molecule is CCn1c(CCC(N)=O)nnc1SCc1cc(=O)oc2ccc3ccccc3c12. The highest BCUT2D eigenvalue weighted by atomic mass is 32.2. The van der Waals surface area contributed by atoms with Gasteiger partial charge in [0.25, 0.3) is 0 Å². The predicted molar refractivity (Wildman–Crippen MR) is 113 cm³/mol. The summed E-state index contributed by atoms with van der Waals surface area (Å²) in [6.07, 6.45) is 0.693. The second-order valence-corrected chi connectivity index (χ2v) is 7.59. The van der Waals surface area contributed by atoms with Gasteiger partial charge in [-0.05, 0) is 29.3 Å². The molecular formula is C21H20N4O3S. The number of aromatic nitrogens is 3. The predicted octanol–water partition coefficient (Wildman–Crippen LogP) is 3.27. The summed E-state index contributed by atoms with van der Waals surface area (Å²) in [7, 11) is 0. The largest absolute Gasteiger partial charge is 0.423 e. The number of rotatable bonds is 7. The number of primary amides is 1. The monoisotopic (exact) mass is 408 g/mol. The van der Waals surface area contributed by atoms with Crippen molar-refractivity contribution < 1.29 is 9.21 Å². The molecule has 4 rings (SSSR count). The van der Waals surface area contributed by atoms with E-state index < -0.39 is 0 Å². The molecule has 2 N–H and O–H groups in total. The number of carbonyl (C=O) groups excluding carboxylic acids is 1. The Morgan fingerprint density at radius 3 is 2.83 bits per heavy atom. The number of nitrogens with two attached hydrogens (primary N) is 1. The maximum atomic E-state index is 12.1. The van der Waals surface area contributed by atoms with Crippen molar-refractivity contribution in [3.05, 3.63) is 64.3 Å². The molecule has 0 unspecified atom stereocenters. The van der Waals surface area contributed by atoms with Gasteiger partial charge in [-0.1, -0.05) is 42.1 Å². The lowest BCUT2D eigenvalue weighted by Gasteiger charge is -2.09. The minimum Gasteiger partial charge on any atom is -0.423 e.